The van der Waals surface area contributed by atoms with Gasteiger partial charge in [-0.15, -0.1) is 0 Å². The summed E-state index contributed by atoms with van der Waals surface area (Å²) >= 11 is 0. The first-order valence-corrected chi connectivity index (χ1v) is 7.56. The van der Waals surface area contributed by atoms with E-state index in [2.05, 4.69) is 5.32 Å². The van der Waals surface area contributed by atoms with Gasteiger partial charge in [0.2, 0.25) is 0 Å². The van der Waals surface area contributed by atoms with Crippen molar-refractivity contribution in [3.8, 4) is 16.9 Å². The molecule has 2 aromatic carbocycles. The van der Waals surface area contributed by atoms with Crippen LogP contribution in [0, 0.1) is 5.82 Å². The molecule has 0 unspecified atom stereocenters. The summed E-state index contributed by atoms with van der Waals surface area (Å²) in [6.07, 6.45) is 0. The van der Waals surface area contributed by atoms with Crippen LogP contribution in [0.5, 0.6) is 5.75 Å². The molecule has 2 rings (SSSR count). The van der Waals surface area contributed by atoms with E-state index in [4.69, 9.17) is 4.74 Å². The number of halogens is 1. The largest absolute Gasteiger partial charge is 0.427 e. The van der Waals surface area contributed by atoms with Crippen LogP contribution in [0.25, 0.3) is 11.1 Å². The van der Waals surface area contributed by atoms with Crippen molar-refractivity contribution in [2.75, 3.05) is 0 Å². The number of hydrogen-bond donors (Lipinski definition) is 1. The lowest BCUT2D eigenvalue weighted by Crippen LogP contribution is -2.40. The van der Waals surface area contributed by atoms with Crippen molar-refractivity contribution < 1.29 is 18.7 Å². The molecular weight excluding hydrogens is 309 g/mol. The molecule has 0 bridgehead atoms. The molecule has 0 spiro atoms. The number of nitrogens with one attached hydrogen (secondary N) is 1. The van der Waals surface area contributed by atoms with Gasteiger partial charge < -0.3 is 10.1 Å². The van der Waals surface area contributed by atoms with E-state index >= 15 is 0 Å². The molecule has 0 atom stereocenters. The fraction of sp³-hybridized carbons (Fsp3) is 0.263. The highest BCUT2D eigenvalue weighted by Gasteiger charge is 2.19. The number of esters is 1. The molecule has 24 heavy (non-hydrogen) atoms. The van der Waals surface area contributed by atoms with E-state index in [0.29, 0.717) is 22.4 Å². The first-order chi connectivity index (χ1) is 11.2. The Labute approximate surface area is 140 Å². The van der Waals surface area contributed by atoms with Crippen LogP contribution in [-0.2, 0) is 4.79 Å². The summed E-state index contributed by atoms with van der Waals surface area (Å²) in [5, 5.41) is 2.90. The minimum atomic E-state index is -0.452. The molecule has 0 aliphatic carbocycles. The number of hydrogen-bond acceptors (Lipinski definition) is 3. The van der Waals surface area contributed by atoms with Crippen LogP contribution in [0.3, 0.4) is 0 Å². The lowest BCUT2D eigenvalue weighted by Gasteiger charge is -2.22. The number of ether oxygens (including phenoxy) is 1. The van der Waals surface area contributed by atoms with Gasteiger partial charge in [0.25, 0.3) is 5.91 Å². The fourth-order valence-corrected chi connectivity index (χ4v) is 2.23. The topological polar surface area (TPSA) is 55.4 Å². The zero-order chi connectivity index (χ0) is 17.9. The quantitative estimate of drug-likeness (QED) is 0.685. The molecule has 0 fully saturated rings. The second kappa shape index (κ2) is 6.83. The maximum Gasteiger partial charge on any atom is 0.308 e. The maximum atomic E-state index is 13.2. The predicted molar refractivity (Wildman–Crippen MR) is 90.4 cm³/mol. The number of benzene rings is 2. The van der Waals surface area contributed by atoms with Gasteiger partial charge in [-0.3, -0.25) is 9.59 Å². The zero-order valence-corrected chi connectivity index (χ0v) is 14.1. The monoisotopic (exact) mass is 329 g/mol. The Morgan fingerprint density at radius 1 is 1.04 bits per heavy atom. The second-order valence-corrected chi connectivity index (χ2v) is 6.51. The normalized spacial score (nSPS) is 11.0. The minimum absolute atomic E-state index is 0.254. The molecule has 126 valence electrons. The van der Waals surface area contributed by atoms with E-state index in [1.165, 1.54) is 19.1 Å². The van der Waals surface area contributed by atoms with Gasteiger partial charge in [0.05, 0.1) is 0 Å². The molecular formula is C19H20FNO3. The highest BCUT2D eigenvalue weighted by molar-refractivity contribution is 6.01. The Bertz CT molecular complexity index is 761. The van der Waals surface area contributed by atoms with Crippen LogP contribution in [-0.4, -0.2) is 17.4 Å². The summed E-state index contributed by atoms with van der Waals surface area (Å²) in [7, 11) is 0. The van der Waals surface area contributed by atoms with E-state index in [9.17, 15) is 14.0 Å². The van der Waals surface area contributed by atoms with Crippen LogP contribution in [0.2, 0.25) is 0 Å². The standard InChI is InChI=1S/C19H20FNO3/c1-12(22)24-15-9-10-16(18(23)21-19(2,3)4)17(11-15)13-5-7-14(20)8-6-13/h5-11H,1-4H3,(H,21,23). The minimum Gasteiger partial charge on any atom is -0.427 e. The van der Waals surface area contributed by atoms with Crippen LogP contribution in [0.4, 0.5) is 4.39 Å². The Balaban J connectivity index is 2.51. The molecule has 0 heterocycles. The number of rotatable bonds is 3. The third-order valence-corrected chi connectivity index (χ3v) is 3.14. The average Bonchev–Trinajstić information content (AvgIpc) is 2.45. The van der Waals surface area contributed by atoms with Gasteiger partial charge in [-0.2, -0.15) is 0 Å². The molecule has 0 saturated heterocycles. The first-order valence-electron chi connectivity index (χ1n) is 7.56. The number of carbonyl (C=O) groups is 2. The molecule has 0 saturated carbocycles. The van der Waals surface area contributed by atoms with E-state index in [1.807, 2.05) is 20.8 Å². The van der Waals surface area contributed by atoms with E-state index in [1.54, 1.807) is 30.3 Å². The van der Waals surface area contributed by atoms with Gasteiger partial charge in [-0.1, -0.05) is 12.1 Å². The summed E-state index contributed by atoms with van der Waals surface area (Å²) in [6.45, 7) is 6.96. The number of amides is 1. The average molecular weight is 329 g/mol. The van der Waals surface area contributed by atoms with Crippen molar-refractivity contribution in [3.63, 3.8) is 0 Å². The molecule has 5 heteroatoms. The van der Waals surface area contributed by atoms with Crippen molar-refractivity contribution in [2.24, 2.45) is 0 Å². The van der Waals surface area contributed by atoms with E-state index < -0.39 is 11.5 Å². The van der Waals surface area contributed by atoms with Gasteiger partial charge in [-0.05, 0) is 62.2 Å². The fourth-order valence-electron chi connectivity index (χ4n) is 2.23. The Morgan fingerprint density at radius 3 is 2.21 bits per heavy atom. The van der Waals surface area contributed by atoms with Crippen molar-refractivity contribution >= 4 is 11.9 Å². The highest BCUT2D eigenvalue weighted by atomic mass is 19.1. The van der Waals surface area contributed by atoms with Crippen LogP contribution in [0.1, 0.15) is 38.1 Å². The molecule has 2 aromatic rings. The van der Waals surface area contributed by atoms with Gasteiger partial charge >= 0.3 is 5.97 Å². The van der Waals surface area contributed by atoms with Crippen LogP contribution in [0.15, 0.2) is 42.5 Å². The van der Waals surface area contributed by atoms with Gasteiger partial charge in [0.15, 0.2) is 0 Å². The third kappa shape index (κ3) is 4.65. The summed E-state index contributed by atoms with van der Waals surface area (Å²) < 4.78 is 18.3. The molecule has 0 aliphatic heterocycles. The predicted octanol–water partition coefficient (Wildman–Crippen LogP) is 3.95. The van der Waals surface area contributed by atoms with Crippen molar-refractivity contribution in [1.29, 1.82) is 0 Å². The van der Waals surface area contributed by atoms with Gasteiger partial charge in [0, 0.05) is 18.0 Å². The van der Waals surface area contributed by atoms with Crippen LogP contribution < -0.4 is 10.1 Å². The zero-order valence-electron chi connectivity index (χ0n) is 14.1. The first kappa shape index (κ1) is 17.7. The maximum absolute atomic E-state index is 13.2. The summed E-state index contributed by atoms with van der Waals surface area (Å²) in [5.41, 5.74) is 1.25. The molecule has 1 N–H and O–H groups in total. The summed E-state index contributed by atoms with van der Waals surface area (Å²) in [5.74, 6) is -0.743. The van der Waals surface area contributed by atoms with Crippen LogP contribution >= 0.6 is 0 Å². The van der Waals surface area contributed by atoms with E-state index in [0.717, 1.165) is 0 Å². The third-order valence-electron chi connectivity index (χ3n) is 3.14. The Morgan fingerprint density at radius 2 is 1.67 bits per heavy atom. The Hall–Kier alpha value is -2.69. The molecule has 0 aliphatic rings. The van der Waals surface area contributed by atoms with Gasteiger partial charge in [-0.25, -0.2) is 4.39 Å². The molecule has 0 radical (unpaired) electrons. The smallest absolute Gasteiger partial charge is 0.308 e. The van der Waals surface area contributed by atoms with Crippen molar-refractivity contribution in [3.05, 3.63) is 53.8 Å². The summed E-state index contributed by atoms with van der Waals surface area (Å²) in [6, 6.07) is 10.6. The van der Waals surface area contributed by atoms with E-state index in [-0.39, 0.29) is 11.7 Å². The van der Waals surface area contributed by atoms with Crippen molar-refractivity contribution in [1.82, 2.24) is 5.32 Å². The second-order valence-electron chi connectivity index (χ2n) is 6.51. The summed E-state index contributed by atoms with van der Waals surface area (Å²) in [4.78, 5) is 23.7. The highest BCUT2D eigenvalue weighted by Crippen LogP contribution is 2.29. The molecule has 0 aromatic heterocycles. The van der Waals surface area contributed by atoms with Crippen molar-refractivity contribution in [2.45, 2.75) is 33.2 Å². The SMILES string of the molecule is CC(=O)Oc1ccc(C(=O)NC(C)(C)C)c(-c2ccc(F)cc2)c1. The number of carbonyl (C=O) groups excluding carboxylic acids is 2. The Kier molecular flexibility index (Phi) is 5.02. The van der Waals surface area contributed by atoms with Gasteiger partial charge in [0.1, 0.15) is 11.6 Å². The molecule has 1 amide bonds. The lowest BCUT2D eigenvalue weighted by molar-refractivity contribution is -0.131. The lowest BCUT2D eigenvalue weighted by atomic mass is 9.97. The molecule has 4 nitrogen and oxygen atoms in total.